The number of aromatic nitrogens is 1. The summed E-state index contributed by atoms with van der Waals surface area (Å²) in [6.07, 6.45) is 2.87. The largest absolute Gasteiger partial charge is 0.379 e. The average molecular weight is 415 g/mol. The molecule has 0 saturated carbocycles. The molecule has 2 heterocycles. The van der Waals surface area contributed by atoms with Crippen molar-refractivity contribution in [2.75, 3.05) is 51.3 Å². The Bertz CT molecular complexity index is 776. The Morgan fingerprint density at radius 3 is 2.63 bits per heavy atom. The second-order valence-electron chi connectivity index (χ2n) is 7.37. The van der Waals surface area contributed by atoms with Crippen molar-refractivity contribution in [3.63, 3.8) is 0 Å². The van der Waals surface area contributed by atoms with Crippen LogP contribution < -0.4 is 5.32 Å². The van der Waals surface area contributed by atoms with E-state index in [4.69, 9.17) is 9.26 Å². The summed E-state index contributed by atoms with van der Waals surface area (Å²) in [5, 5.41) is 6.38. The van der Waals surface area contributed by atoms with Crippen LogP contribution in [-0.2, 0) is 14.3 Å². The zero-order valence-electron chi connectivity index (χ0n) is 17.5. The molecule has 1 aromatic heterocycles. The third kappa shape index (κ3) is 6.40. The number of amides is 2. The molecule has 0 radical (unpaired) electrons. The highest BCUT2D eigenvalue weighted by molar-refractivity contribution is 5.94. The lowest BCUT2D eigenvalue weighted by atomic mass is 9.95. The van der Waals surface area contributed by atoms with E-state index in [2.05, 4.69) is 15.4 Å². The Morgan fingerprint density at radius 2 is 1.97 bits per heavy atom. The van der Waals surface area contributed by atoms with Crippen LogP contribution >= 0.6 is 0 Å². The summed E-state index contributed by atoms with van der Waals surface area (Å²) >= 11 is 0. The highest BCUT2D eigenvalue weighted by Gasteiger charge is 2.26. The van der Waals surface area contributed by atoms with Crippen LogP contribution in [0.15, 0.2) is 47.2 Å². The number of anilines is 1. The van der Waals surface area contributed by atoms with Gasteiger partial charge in [-0.15, -0.1) is 0 Å². The fraction of sp³-hybridized carbons (Fsp3) is 0.500. The summed E-state index contributed by atoms with van der Waals surface area (Å²) in [4.78, 5) is 29.9. The lowest BCUT2D eigenvalue weighted by Crippen LogP contribution is -2.43. The molecule has 0 spiro atoms. The summed E-state index contributed by atoms with van der Waals surface area (Å²) in [6.45, 7) is 6.68. The number of ether oxygens (including phenoxy) is 1. The molecule has 3 rings (SSSR count). The van der Waals surface area contributed by atoms with Gasteiger partial charge in [0.05, 0.1) is 25.7 Å². The van der Waals surface area contributed by atoms with Gasteiger partial charge in [0.1, 0.15) is 6.26 Å². The standard InChI is InChI=1S/C22H30N4O4/c1-2-19(18-7-4-3-5-8-18)22(28)26(11-6-10-25-12-15-29-16-13-25)17-21(27)23-20-9-14-30-24-20/h3-5,7-9,14,19H,2,6,10-13,15-17H2,1H3,(H,23,24,27). The smallest absolute Gasteiger partial charge is 0.245 e. The van der Waals surface area contributed by atoms with E-state index in [9.17, 15) is 9.59 Å². The summed E-state index contributed by atoms with van der Waals surface area (Å²) in [6, 6.07) is 11.3. The van der Waals surface area contributed by atoms with Gasteiger partial charge in [-0.2, -0.15) is 0 Å². The van der Waals surface area contributed by atoms with Crippen LogP contribution in [0.5, 0.6) is 0 Å². The highest BCUT2D eigenvalue weighted by Crippen LogP contribution is 2.22. The Kier molecular flexibility index (Phi) is 8.41. The second kappa shape index (κ2) is 11.5. The molecule has 1 atom stereocenters. The van der Waals surface area contributed by atoms with Gasteiger partial charge in [-0.3, -0.25) is 14.5 Å². The van der Waals surface area contributed by atoms with Crippen LogP contribution in [0.1, 0.15) is 31.2 Å². The number of morpholine rings is 1. The van der Waals surface area contributed by atoms with Crippen molar-refractivity contribution in [1.29, 1.82) is 0 Å². The molecule has 2 amide bonds. The number of carbonyl (C=O) groups is 2. The molecule has 8 heteroatoms. The topological polar surface area (TPSA) is 87.9 Å². The lowest BCUT2D eigenvalue weighted by Gasteiger charge is -2.29. The third-order valence-electron chi connectivity index (χ3n) is 5.27. The lowest BCUT2D eigenvalue weighted by molar-refractivity contribution is -0.136. The number of carbonyl (C=O) groups excluding carboxylic acids is 2. The van der Waals surface area contributed by atoms with E-state index in [0.717, 1.165) is 44.8 Å². The maximum Gasteiger partial charge on any atom is 0.245 e. The van der Waals surface area contributed by atoms with Crippen molar-refractivity contribution in [2.24, 2.45) is 0 Å². The molecule has 2 aromatic rings. The minimum absolute atomic E-state index is 0.0157. The number of hydrogen-bond donors (Lipinski definition) is 1. The molecule has 1 aliphatic rings. The molecule has 1 aliphatic heterocycles. The van der Waals surface area contributed by atoms with Gasteiger partial charge >= 0.3 is 0 Å². The van der Waals surface area contributed by atoms with E-state index in [1.165, 1.54) is 6.26 Å². The van der Waals surface area contributed by atoms with Gasteiger partial charge in [-0.1, -0.05) is 42.4 Å². The van der Waals surface area contributed by atoms with E-state index in [1.54, 1.807) is 11.0 Å². The van der Waals surface area contributed by atoms with Crippen LogP contribution in [0.4, 0.5) is 5.82 Å². The minimum Gasteiger partial charge on any atom is -0.379 e. The van der Waals surface area contributed by atoms with Crippen molar-refractivity contribution in [1.82, 2.24) is 15.0 Å². The van der Waals surface area contributed by atoms with Gasteiger partial charge in [-0.05, 0) is 18.4 Å². The molecular formula is C22H30N4O4. The fourth-order valence-electron chi connectivity index (χ4n) is 3.67. The van der Waals surface area contributed by atoms with E-state index < -0.39 is 0 Å². The van der Waals surface area contributed by atoms with Crippen LogP contribution in [-0.4, -0.2) is 72.7 Å². The first kappa shape index (κ1) is 22.0. The van der Waals surface area contributed by atoms with Gasteiger partial charge < -0.3 is 19.5 Å². The summed E-state index contributed by atoms with van der Waals surface area (Å²) in [5.41, 5.74) is 0.972. The predicted molar refractivity (Wildman–Crippen MR) is 113 cm³/mol. The van der Waals surface area contributed by atoms with E-state index in [1.807, 2.05) is 37.3 Å². The van der Waals surface area contributed by atoms with E-state index in [0.29, 0.717) is 18.8 Å². The zero-order valence-corrected chi connectivity index (χ0v) is 17.5. The monoisotopic (exact) mass is 414 g/mol. The quantitative estimate of drug-likeness (QED) is 0.642. The number of benzene rings is 1. The maximum absolute atomic E-state index is 13.4. The van der Waals surface area contributed by atoms with Crippen molar-refractivity contribution in [3.8, 4) is 0 Å². The zero-order chi connectivity index (χ0) is 21.2. The highest BCUT2D eigenvalue weighted by atomic mass is 16.5. The third-order valence-corrected chi connectivity index (χ3v) is 5.27. The molecule has 1 saturated heterocycles. The Morgan fingerprint density at radius 1 is 1.20 bits per heavy atom. The van der Waals surface area contributed by atoms with Crippen LogP contribution in [0.25, 0.3) is 0 Å². The fourth-order valence-corrected chi connectivity index (χ4v) is 3.67. The number of nitrogens with zero attached hydrogens (tertiary/aromatic N) is 3. The molecule has 0 bridgehead atoms. The van der Waals surface area contributed by atoms with Gasteiger partial charge in [0.15, 0.2) is 5.82 Å². The molecule has 1 unspecified atom stereocenters. The SMILES string of the molecule is CCC(C(=O)N(CCCN1CCOCC1)CC(=O)Nc1ccon1)c1ccccc1. The second-order valence-corrected chi connectivity index (χ2v) is 7.37. The van der Waals surface area contributed by atoms with Gasteiger partial charge in [0, 0.05) is 32.2 Å². The Labute approximate surface area is 177 Å². The number of nitrogens with one attached hydrogen (secondary N) is 1. The molecule has 1 N–H and O–H groups in total. The maximum atomic E-state index is 13.4. The average Bonchev–Trinajstić information content (AvgIpc) is 3.28. The molecule has 1 fully saturated rings. The minimum atomic E-state index is -0.286. The van der Waals surface area contributed by atoms with Crippen molar-refractivity contribution < 1.29 is 18.8 Å². The molecule has 162 valence electrons. The summed E-state index contributed by atoms with van der Waals surface area (Å²) in [7, 11) is 0. The molecular weight excluding hydrogens is 384 g/mol. The van der Waals surface area contributed by atoms with Crippen LogP contribution in [0, 0.1) is 0 Å². The van der Waals surface area contributed by atoms with Crippen molar-refractivity contribution in [2.45, 2.75) is 25.7 Å². The van der Waals surface area contributed by atoms with Crippen LogP contribution in [0.2, 0.25) is 0 Å². The van der Waals surface area contributed by atoms with Crippen LogP contribution in [0.3, 0.4) is 0 Å². The Balaban J connectivity index is 1.64. The first-order valence-corrected chi connectivity index (χ1v) is 10.5. The Hall–Kier alpha value is -2.71. The van der Waals surface area contributed by atoms with E-state index >= 15 is 0 Å². The number of hydrogen-bond acceptors (Lipinski definition) is 6. The first-order valence-electron chi connectivity index (χ1n) is 10.5. The van der Waals surface area contributed by atoms with Crippen molar-refractivity contribution in [3.05, 3.63) is 48.2 Å². The number of rotatable bonds is 10. The first-order chi connectivity index (χ1) is 14.7. The summed E-state index contributed by atoms with van der Waals surface area (Å²) in [5.74, 6) is -0.238. The summed E-state index contributed by atoms with van der Waals surface area (Å²) < 4.78 is 10.1. The van der Waals surface area contributed by atoms with Crippen molar-refractivity contribution >= 4 is 17.6 Å². The van der Waals surface area contributed by atoms with E-state index in [-0.39, 0.29) is 24.3 Å². The van der Waals surface area contributed by atoms with Gasteiger partial charge in [0.2, 0.25) is 11.8 Å². The molecule has 1 aromatic carbocycles. The molecule has 0 aliphatic carbocycles. The molecule has 30 heavy (non-hydrogen) atoms. The predicted octanol–water partition coefficient (Wildman–Crippen LogP) is 2.36. The van der Waals surface area contributed by atoms with Gasteiger partial charge in [-0.25, -0.2) is 0 Å². The molecule has 8 nitrogen and oxygen atoms in total. The normalized spacial score (nSPS) is 15.5. The van der Waals surface area contributed by atoms with Gasteiger partial charge in [0.25, 0.3) is 0 Å².